The lowest BCUT2D eigenvalue weighted by molar-refractivity contribution is 0.287. The van der Waals surface area contributed by atoms with Crippen LogP contribution in [0.3, 0.4) is 0 Å². The minimum Gasteiger partial charge on any atom is -0.490 e. The molecule has 0 saturated carbocycles. The van der Waals surface area contributed by atoms with E-state index in [1.54, 1.807) is 6.07 Å². The Morgan fingerprint density at radius 1 is 1.24 bits per heavy atom. The molecule has 0 unspecified atom stereocenters. The van der Waals surface area contributed by atoms with Gasteiger partial charge in [0.15, 0.2) is 11.5 Å². The van der Waals surface area contributed by atoms with Gasteiger partial charge in [0.25, 0.3) is 0 Å². The van der Waals surface area contributed by atoms with Crippen LogP contribution in [0, 0.1) is 0 Å². The molecule has 1 aromatic rings. The fourth-order valence-electron chi connectivity index (χ4n) is 2.24. The number of nitrogens with one attached hydrogen (secondary N) is 2. The average Bonchev–Trinajstić information content (AvgIpc) is 2.93. The molecule has 2 rings (SSSR count). The van der Waals surface area contributed by atoms with Crippen molar-refractivity contribution in [1.29, 1.82) is 0 Å². The molecule has 6 nitrogen and oxygen atoms in total. The molecular weight excluding hydrogens is 292 g/mol. The summed E-state index contributed by atoms with van der Waals surface area (Å²) in [6.45, 7) is 6.16. The zero-order chi connectivity index (χ0) is 15.3. The first kappa shape index (κ1) is 16.1. The number of hydrogen-bond donors (Lipinski definition) is 2. The normalized spacial score (nSPS) is 18.7. The predicted molar refractivity (Wildman–Crippen MR) is 80.4 cm³/mol. The summed E-state index contributed by atoms with van der Waals surface area (Å²) in [4.78, 5) is 0.196. The maximum Gasteiger partial charge on any atom is 0.241 e. The summed E-state index contributed by atoms with van der Waals surface area (Å²) in [5.74, 6) is 1.01. The van der Waals surface area contributed by atoms with Gasteiger partial charge in [0.1, 0.15) is 0 Å². The fourth-order valence-corrected chi connectivity index (χ4v) is 3.53. The summed E-state index contributed by atoms with van der Waals surface area (Å²) < 4.78 is 38.4. The van der Waals surface area contributed by atoms with Crippen molar-refractivity contribution in [3.8, 4) is 11.5 Å². The second-order valence-corrected chi connectivity index (χ2v) is 6.50. The molecular formula is C14H22N2O4S. The Morgan fingerprint density at radius 2 is 1.95 bits per heavy atom. The van der Waals surface area contributed by atoms with Crippen LogP contribution in [0.2, 0.25) is 0 Å². The van der Waals surface area contributed by atoms with Crippen molar-refractivity contribution in [1.82, 2.24) is 10.0 Å². The predicted octanol–water partition coefficient (Wildman–Crippen LogP) is 1.12. The highest BCUT2D eigenvalue weighted by atomic mass is 32.2. The first-order valence-electron chi connectivity index (χ1n) is 7.19. The number of sulfonamides is 1. The van der Waals surface area contributed by atoms with Crippen molar-refractivity contribution in [2.45, 2.75) is 31.2 Å². The van der Waals surface area contributed by atoms with Crippen LogP contribution in [-0.4, -0.2) is 40.8 Å². The van der Waals surface area contributed by atoms with E-state index in [-0.39, 0.29) is 10.9 Å². The van der Waals surface area contributed by atoms with Gasteiger partial charge in [-0.05, 0) is 38.9 Å². The van der Waals surface area contributed by atoms with E-state index < -0.39 is 10.0 Å². The molecule has 0 radical (unpaired) electrons. The topological polar surface area (TPSA) is 76.7 Å². The fraction of sp³-hybridized carbons (Fsp3) is 0.571. The summed E-state index contributed by atoms with van der Waals surface area (Å²) in [7, 11) is -3.54. The number of rotatable bonds is 7. The highest BCUT2D eigenvalue weighted by Gasteiger charge is 2.23. The van der Waals surface area contributed by atoms with Gasteiger partial charge in [-0.2, -0.15) is 0 Å². The zero-order valence-electron chi connectivity index (χ0n) is 12.4. The van der Waals surface area contributed by atoms with E-state index in [1.807, 2.05) is 13.8 Å². The highest BCUT2D eigenvalue weighted by Crippen LogP contribution is 2.30. The SMILES string of the molecule is CCOc1ccc(S(=O)(=O)N[C@@H]2CCNC2)cc1OCC. The van der Waals surface area contributed by atoms with Gasteiger partial charge in [-0.25, -0.2) is 13.1 Å². The molecule has 1 atom stereocenters. The van der Waals surface area contributed by atoms with Crippen molar-refractivity contribution in [3.63, 3.8) is 0 Å². The van der Waals surface area contributed by atoms with E-state index in [0.717, 1.165) is 13.0 Å². The molecule has 0 spiro atoms. The third-order valence-electron chi connectivity index (χ3n) is 3.21. The van der Waals surface area contributed by atoms with Crippen LogP contribution >= 0.6 is 0 Å². The van der Waals surface area contributed by atoms with Gasteiger partial charge >= 0.3 is 0 Å². The van der Waals surface area contributed by atoms with Crippen molar-refractivity contribution >= 4 is 10.0 Å². The molecule has 0 amide bonds. The molecule has 0 bridgehead atoms. The third kappa shape index (κ3) is 4.09. The van der Waals surface area contributed by atoms with E-state index in [1.165, 1.54) is 12.1 Å². The van der Waals surface area contributed by atoms with E-state index in [0.29, 0.717) is 31.3 Å². The van der Waals surface area contributed by atoms with Gasteiger partial charge in [-0.15, -0.1) is 0 Å². The molecule has 1 aliphatic heterocycles. The van der Waals surface area contributed by atoms with Gasteiger partial charge in [-0.3, -0.25) is 0 Å². The van der Waals surface area contributed by atoms with Crippen LogP contribution in [-0.2, 0) is 10.0 Å². The number of ether oxygens (including phenoxy) is 2. The lowest BCUT2D eigenvalue weighted by Gasteiger charge is -2.15. The van der Waals surface area contributed by atoms with E-state index in [2.05, 4.69) is 10.0 Å². The van der Waals surface area contributed by atoms with E-state index in [9.17, 15) is 8.42 Å². The molecule has 2 N–H and O–H groups in total. The van der Waals surface area contributed by atoms with Crippen molar-refractivity contribution in [2.75, 3.05) is 26.3 Å². The average molecular weight is 314 g/mol. The number of hydrogen-bond acceptors (Lipinski definition) is 5. The minimum atomic E-state index is -3.54. The van der Waals surface area contributed by atoms with Crippen molar-refractivity contribution in [3.05, 3.63) is 18.2 Å². The van der Waals surface area contributed by atoms with E-state index in [4.69, 9.17) is 9.47 Å². The highest BCUT2D eigenvalue weighted by molar-refractivity contribution is 7.89. The maximum atomic E-state index is 12.4. The Morgan fingerprint density at radius 3 is 2.57 bits per heavy atom. The summed E-state index contributed by atoms with van der Waals surface area (Å²) in [5, 5.41) is 3.13. The summed E-state index contributed by atoms with van der Waals surface area (Å²) in [6.07, 6.45) is 0.800. The van der Waals surface area contributed by atoms with Crippen LogP contribution in [0.4, 0.5) is 0 Å². The summed E-state index contributed by atoms with van der Waals surface area (Å²) >= 11 is 0. The van der Waals surface area contributed by atoms with Crippen LogP contribution in [0.15, 0.2) is 23.1 Å². The quantitative estimate of drug-likeness (QED) is 0.789. The molecule has 1 heterocycles. The van der Waals surface area contributed by atoms with Crippen molar-refractivity contribution < 1.29 is 17.9 Å². The number of benzene rings is 1. The molecule has 1 fully saturated rings. The second kappa shape index (κ2) is 7.11. The lowest BCUT2D eigenvalue weighted by atomic mass is 10.3. The van der Waals surface area contributed by atoms with Gasteiger partial charge in [-0.1, -0.05) is 0 Å². The molecule has 1 aromatic carbocycles. The molecule has 0 aromatic heterocycles. The molecule has 21 heavy (non-hydrogen) atoms. The summed E-state index contributed by atoms with van der Waals surface area (Å²) in [5.41, 5.74) is 0. The van der Waals surface area contributed by atoms with Gasteiger partial charge in [0.2, 0.25) is 10.0 Å². The van der Waals surface area contributed by atoms with Crippen LogP contribution in [0.1, 0.15) is 20.3 Å². The Labute approximate surface area is 125 Å². The Bertz CT molecular complexity index is 568. The van der Waals surface area contributed by atoms with Gasteiger partial charge in [0, 0.05) is 18.7 Å². The Kier molecular flexibility index (Phi) is 5.44. The Hall–Kier alpha value is -1.31. The lowest BCUT2D eigenvalue weighted by Crippen LogP contribution is -2.36. The molecule has 0 aliphatic carbocycles. The van der Waals surface area contributed by atoms with Crippen LogP contribution in [0.5, 0.6) is 11.5 Å². The molecule has 7 heteroatoms. The standard InChI is InChI=1S/C14H22N2O4S/c1-3-19-13-6-5-12(9-14(13)20-4-2)21(17,18)16-11-7-8-15-10-11/h5-6,9,11,15-16H,3-4,7-8,10H2,1-2H3/t11-/m1/s1. The van der Waals surface area contributed by atoms with Crippen LogP contribution in [0.25, 0.3) is 0 Å². The minimum absolute atomic E-state index is 0.0582. The molecule has 1 saturated heterocycles. The van der Waals surface area contributed by atoms with Crippen molar-refractivity contribution in [2.24, 2.45) is 0 Å². The first-order chi connectivity index (χ1) is 10.1. The van der Waals surface area contributed by atoms with Gasteiger partial charge in [0.05, 0.1) is 18.1 Å². The monoisotopic (exact) mass is 314 g/mol. The maximum absolute atomic E-state index is 12.4. The molecule has 118 valence electrons. The Balaban J connectivity index is 2.23. The largest absolute Gasteiger partial charge is 0.490 e. The first-order valence-corrected chi connectivity index (χ1v) is 8.67. The zero-order valence-corrected chi connectivity index (χ0v) is 13.2. The molecule has 1 aliphatic rings. The van der Waals surface area contributed by atoms with Crippen LogP contribution < -0.4 is 19.5 Å². The second-order valence-electron chi connectivity index (χ2n) is 4.79. The summed E-state index contributed by atoms with van der Waals surface area (Å²) in [6, 6.07) is 4.63. The van der Waals surface area contributed by atoms with E-state index >= 15 is 0 Å². The smallest absolute Gasteiger partial charge is 0.241 e. The third-order valence-corrected chi connectivity index (χ3v) is 4.73. The van der Waals surface area contributed by atoms with Gasteiger partial charge < -0.3 is 14.8 Å².